The van der Waals surface area contributed by atoms with Gasteiger partial charge < -0.3 is 13.9 Å². The Labute approximate surface area is 66.6 Å². The van der Waals surface area contributed by atoms with Crippen molar-refractivity contribution in [2.24, 2.45) is 0 Å². The molecule has 5 heteroatoms. The molecule has 0 rings (SSSR count). The lowest BCUT2D eigenvalue weighted by Crippen LogP contribution is -2.01. The average Bonchev–Trinajstić information content (AvgIpc) is 1.59. The third kappa shape index (κ3) is 5.33. The van der Waals surface area contributed by atoms with Gasteiger partial charge in [-0.3, -0.25) is 0 Å². The molecule has 0 radical (unpaired) electrons. The van der Waals surface area contributed by atoms with E-state index in [1.165, 1.54) is 0 Å². The van der Waals surface area contributed by atoms with Crippen molar-refractivity contribution in [2.75, 3.05) is 6.61 Å². The molecule has 0 bridgehead atoms. The standard InChI is InChI=1S/C5H13O3PS/c1-4-7-9(6,10)8-5(2)3/h5H,4H2,1-3H3,(H,6,10). The molecule has 0 aliphatic heterocycles. The van der Waals surface area contributed by atoms with Crippen molar-refractivity contribution in [3.8, 4) is 0 Å². The van der Waals surface area contributed by atoms with Crippen LogP contribution in [0.25, 0.3) is 0 Å². The highest BCUT2D eigenvalue weighted by Crippen LogP contribution is 2.44. The van der Waals surface area contributed by atoms with Gasteiger partial charge in [0.15, 0.2) is 0 Å². The van der Waals surface area contributed by atoms with E-state index >= 15 is 0 Å². The van der Waals surface area contributed by atoms with Gasteiger partial charge in [-0.15, -0.1) is 0 Å². The molecule has 0 saturated carbocycles. The van der Waals surface area contributed by atoms with Crippen molar-refractivity contribution >= 4 is 18.5 Å². The predicted octanol–water partition coefficient (Wildman–Crippen LogP) is 1.66. The maximum atomic E-state index is 9.17. The van der Waals surface area contributed by atoms with E-state index in [2.05, 4.69) is 11.8 Å². The molecule has 10 heavy (non-hydrogen) atoms. The van der Waals surface area contributed by atoms with Crippen LogP contribution in [0.3, 0.4) is 0 Å². The number of hydrogen-bond donors (Lipinski definition) is 1. The van der Waals surface area contributed by atoms with Gasteiger partial charge in [-0.25, -0.2) is 0 Å². The molecule has 0 saturated heterocycles. The van der Waals surface area contributed by atoms with Crippen molar-refractivity contribution in [3.05, 3.63) is 0 Å². The van der Waals surface area contributed by atoms with Crippen LogP contribution in [0.15, 0.2) is 0 Å². The summed E-state index contributed by atoms with van der Waals surface area (Å²) in [6, 6.07) is 0. The minimum atomic E-state index is -2.92. The van der Waals surface area contributed by atoms with E-state index in [1.807, 2.05) is 0 Å². The summed E-state index contributed by atoms with van der Waals surface area (Å²) in [7, 11) is 0. The van der Waals surface area contributed by atoms with Gasteiger partial charge in [-0.05, 0) is 32.6 Å². The third-order valence-corrected chi connectivity index (χ3v) is 2.48. The SMILES string of the molecule is CCOP(O)(=S)OC(C)C. The summed E-state index contributed by atoms with van der Waals surface area (Å²) in [5.74, 6) is 0. The fraction of sp³-hybridized carbons (Fsp3) is 1.00. The third-order valence-electron chi connectivity index (χ3n) is 0.636. The molecule has 0 aliphatic carbocycles. The van der Waals surface area contributed by atoms with Gasteiger partial charge >= 0.3 is 6.72 Å². The zero-order valence-electron chi connectivity index (χ0n) is 6.40. The highest BCUT2D eigenvalue weighted by Gasteiger charge is 2.14. The van der Waals surface area contributed by atoms with E-state index in [9.17, 15) is 0 Å². The summed E-state index contributed by atoms with van der Waals surface area (Å²) >= 11 is 4.64. The summed E-state index contributed by atoms with van der Waals surface area (Å²) in [6.07, 6.45) is -0.0811. The van der Waals surface area contributed by atoms with Crippen molar-refractivity contribution in [2.45, 2.75) is 26.9 Å². The maximum absolute atomic E-state index is 9.17. The predicted molar refractivity (Wildman–Crippen MR) is 44.4 cm³/mol. The van der Waals surface area contributed by atoms with Crippen LogP contribution in [0, 0.1) is 0 Å². The minimum absolute atomic E-state index is 0.0811. The smallest absolute Gasteiger partial charge is 0.324 e. The fourth-order valence-electron chi connectivity index (χ4n) is 0.460. The molecule has 1 unspecified atom stereocenters. The van der Waals surface area contributed by atoms with Gasteiger partial charge in [-0.1, -0.05) is 0 Å². The van der Waals surface area contributed by atoms with Gasteiger partial charge in [0, 0.05) is 0 Å². The summed E-state index contributed by atoms with van der Waals surface area (Å²) < 4.78 is 9.74. The topological polar surface area (TPSA) is 38.7 Å². The van der Waals surface area contributed by atoms with Gasteiger partial charge in [0.05, 0.1) is 12.7 Å². The minimum Gasteiger partial charge on any atom is -0.324 e. The van der Waals surface area contributed by atoms with Crippen LogP contribution < -0.4 is 0 Å². The molecule has 0 aromatic carbocycles. The molecule has 0 aromatic rings. The van der Waals surface area contributed by atoms with Gasteiger partial charge in [0.1, 0.15) is 0 Å². The van der Waals surface area contributed by atoms with Crippen LogP contribution in [-0.4, -0.2) is 17.6 Å². The Bertz CT molecular complexity index is 137. The van der Waals surface area contributed by atoms with Crippen LogP contribution in [0.1, 0.15) is 20.8 Å². The lowest BCUT2D eigenvalue weighted by molar-refractivity contribution is 0.167. The highest BCUT2D eigenvalue weighted by molar-refractivity contribution is 8.07. The Kier molecular flexibility index (Phi) is 4.65. The Morgan fingerprint density at radius 3 is 2.40 bits per heavy atom. The molecule has 0 spiro atoms. The molecular formula is C5H13O3PS. The van der Waals surface area contributed by atoms with Crippen LogP contribution in [-0.2, 0) is 20.9 Å². The second-order valence-electron chi connectivity index (χ2n) is 2.04. The first-order valence-corrected chi connectivity index (χ1v) is 5.72. The summed E-state index contributed by atoms with van der Waals surface area (Å²) in [4.78, 5) is 9.17. The Hall–Kier alpha value is 0.530. The molecule has 0 amide bonds. The molecule has 62 valence electrons. The van der Waals surface area contributed by atoms with E-state index in [1.54, 1.807) is 20.8 Å². The normalized spacial score (nSPS) is 17.3. The Morgan fingerprint density at radius 2 is 2.10 bits per heavy atom. The van der Waals surface area contributed by atoms with Crippen LogP contribution in [0.4, 0.5) is 0 Å². The Morgan fingerprint density at radius 1 is 1.60 bits per heavy atom. The molecule has 0 aromatic heterocycles. The first kappa shape index (κ1) is 10.5. The molecule has 0 fully saturated rings. The van der Waals surface area contributed by atoms with E-state index in [0.717, 1.165) is 0 Å². The molecule has 1 N–H and O–H groups in total. The quantitative estimate of drug-likeness (QED) is 0.674. The first-order chi connectivity index (χ1) is 4.48. The zero-order valence-corrected chi connectivity index (χ0v) is 8.11. The molecule has 0 heterocycles. The van der Waals surface area contributed by atoms with E-state index in [0.29, 0.717) is 6.61 Å². The van der Waals surface area contributed by atoms with Gasteiger partial charge in [0.25, 0.3) is 0 Å². The van der Waals surface area contributed by atoms with Crippen LogP contribution in [0.5, 0.6) is 0 Å². The first-order valence-electron chi connectivity index (χ1n) is 3.13. The van der Waals surface area contributed by atoms with Gasteiger partial charge in [0.2, 0.25) is 0 Å². The second-order valence-corrected chi connectivity index (χ2v) is 4.83. The van der Waals surface area contributed by atoms with Crippen molar-refractivity contribution < 1.29 is 13.9 Å². The van der Waals surface area contributed by atoms with Gasteiger partial charge in [-0.2, -0.15) is 0 Å². The Balaban J connectivity index is 3.75. The second kappa shape index (κ2) is 4.42. The average molecular weight is 184 g/mol. The number of rotatable bonds is 4. The molecule has 3 nitrogen and oxygen atoms in total. The van der Waals surface area contributed by atoms with Crippen molar-refractivity contribution in [3.63, 3.8) is 0 Å². The molecule has 0 aliphatic rings. The van der Waals surface area contributed by atoms with E-state index < -0.39 is 6.72 Å². The maximum Gasteiger partial charge on any atom is 0.324 e. The largest absolute Gasteiger partial charge is 0.324 e. The van der Waals surface area contributed by atoms with Crippen LogP contribution in [0.2, 0.25) is 0 Å². The van der Waals surface area contributed by atoms with Crippen molar-refractivity contribution in [1.29, 1.82) is 0 Å². The lowest BCUT2D eigenvalue weighted by atomic mass is 10.5. The number of hydrogen-bond acceptors (Lipinski definition) is 3. The monoisotopic (exact) mass is 184 g/mol. The van der Waals surface area contributed by atoms with Crippen LogP contribution >= 0.6 is 6.72 Å². The van der Waals surface area contributed by atoms with E-state index in [-0.39, 0.29) is 6.10 Å². The highest BCUT2D eigenvalue weighted by atomic mass is 32.5. The summed E-state index contributed by atoms with van der Waals surface area (Å²) in [5.41, 5.74) is 0. The molecular weight excluding hydrogens is 171 g/mol. The summed E-state index contributed by atoms with van der Waals surface area (Å²) in [5, 5.41) is 0. The lowest BCUT2D eigenvalue weighted by Gasteiger charge is -2.16. The fourth-order valence-corrected chi connectivity index (χ4v) is 2.21. The zero-order chi connectivity index (χ0) is 8.20. The molecule has 1 atom stereocenters. The summed E-state index contributed by atoms with van der Waals surface area (Å²) in [6.45, 7) is 2.84. The van der Waals surface area contributed by atoms with Crippen molar-refractivity contribution in [1.82, 2.24) is 0 Å². The van der Waals surface area contributed by atoms with E-state index in [4.69, 9.17) is 13.9 Å².